The summed E-state index contributed by atoms with van der Waals surface area (Å²) in [5.41, 5.74) is 0.0381. The molecule has 1 heterocycles. The zero-order chi connectivity index (χ0) is 14.0. The average molecular weight is 283 g/mol. The SMILES string of the molecule is CC(C)(Cl)C(O)COc1ccc2ccc(=O)oc2c1. The minimum atomic E-state index is -0.798. The summed E-state index contributed by atoms with van der Waals surface area (Å²) in [6.45, 7) is 3.49. The summed E-state index contributed by atoms with van der Waals surface area (Å²) in [7, 11) is 0. The number of halogens is 1. The number of aliphatic hydroxyl groups excluding tert-OH is 1. The molecule has 0 spiro atoms. The van der Waals surface area contributed by atoms with E-state index in [1.165, 1.54) is 6.07 Å². The molecule has 5 heteroatoms. The fraction of sp³-hybridized carbons (Fsp3) is 0.357. The molecule has 2 rings (SSSR count). The van der Waals surface area contributed by atoms with E-state index in [1.54, 1.807) is 38.1 Å². The Balaban J connectivity index is 2.16. The van der Waals surface area contributed by atoms with Crippen LogP contribution in [0.3, 0.4) is 0 Å². The molecule has 2 aromatic rings. The smallest absolute Gasteiger partial charge is 0.336 e. The molecule has 0 aliphatic rings. The molecule has 4 nitrogen and oxygen atoms in total. The van der Waals surface area contributed by atoms with Crippen molar-refractivity contribution in [3.05, 3.63) is 40.8 Å². The largest absolute Gasteiger partial charge is 0.491 e. The number of hydrogen-bond acceptors (Lipinski definition) is 4. The van der Waals surface area contributed by atoms with E-state index in [4.69, 9.17) is 20.8 Å². The monoisotopic (exact) mass is 282 g/mol. The normalized spacial score (nSPS) is 13.5. The Morgan fingerprint density at radius 1 is 1.37 bits per heavy atom. The van der Waals surface area contributed by atoms with Crippen LogP contribution in [-0.2, 0) is 0 Å². The summed E-state index contributed by atoms with van der Waals surface area (Å²) in [5.74, 6) is 0.516. The van der Waals surface area contributed by atoms with Crippen molar-refractivity contribution < 1.29 is 14.3 Å². The van der Waals surface area contributed by atoms with Gasteiger partial charge in [0.05, 0.1) is 4.87 Å². The van der Waals surface area contributed by atoms with E-state index in [1.807, 2.05) is 0 Å². The second-order valence-corrected chi connectivity index (χ2v) is 5.82. The van der Waals surface area contributed by atoms with Crippen molar-refractivity contribution in [3.8, 4) is 5.75 Å². The van der Waals surface area contributed by atoms with Gasteiger partial charge in [-0.25, -0.2) is 4.79 Å². The van der Waals surface area contributed by atoms with Gasteiger partial charge in [0.1, 0.15) is 24.0 Å². The Labute approximate surface area is 115 Å². The van der Waals surface area contributed by atoms with Crippen LogP contribution in [-0.4, -0.2) is 22.7 Å². The van der Waals surface area contributed by atoms with E-state index in [9.17, 15) is 9.90 Å². The molecule has 1 aromatic carbocycles. The molecule has 0 bridgehead atoms. The third-order valence-electron chi connectivity index (χ3n) is 2.79. The number of aliphatic hydroxyl groups is 1. The lowest BCUT2D eigenvalue weighted by Gasteiger charge is -2.23. The zero-order valence-corrected chi connectivity index (χ0v) is 11.5. The number of ether oxygens (including phenoxy) is 1. The molecule has 1 N–H and O–H groups in total. The molecule has 102 valence electrons. The van der Waals surface area contributed by atoms with Crippen LogP contribution >= 0.6 is 11.6 Å². The van der Waals surface area contributed by atoms with Gasteiger partial charge in [-0.1, -0.05) is 0 Å². The molecule has 0 radical (unpaired) electrons. The van der Waals surface area contributed by atoms with Gasteiger partial charge >= 0.3 is 5.63 Å². The maximum Gasteiger partial charge on any atom is 0.336 e. The molecular weight excluding hydrogens is 268 g/mol. The molecule has 0 saturated carbocycles. The molecule has 0 aliphatic carbocycles. The summed E-state index contributed by atoms with van der Waals surface area (Å²) in [4.78, 5) is 10.4. The standard InChI is InChI=1S/C14H15ClO4/c1-14(2,15)12(16)8-18-10-5-3-9-4-6-13(17)19-11(9)7-10/h3-7,12,16H,8H2,1-2H3. The first kappa shape index (κ1) is 13.9. The second kappa shape index (κ2) is 5.23. The van der Waals surface area contributed by atoms with Crippen LogP contribution < -0.4 is 10.4 Å². The molecule has 1 atom stereocenters. The number of rotatable bonds is 4. The predicted molar refractivity (Wildman–Crippen MR) is 73.9 cm³/mol. The van der Waals surface area contributed by atoms with Gasteiger partial charge in [-0.3, -0.25) is 0 Å². The Morgan fingerprint density at radius 3 is 2.74 bits per heavy atom. The minimum absolute atomic E-state index is 0.0685. The third-order valence-corrected chi connectivity index (χ3v) is 3.05. The van der Waals surface area contributed by atoms with Crippen molar-refractivity contribution in [2.75, 3.05) is 6.61 Å². The van der Waals surface area contributed by atoms with E-state index in [-0.39, 0.29) is 6.61 Å². The Kier molecular flexibility index (Phi) is 3.83. The van der Waals surface area contributed by atoms with E-state index in [2.05, 4.69) is 0 Å². The first-order chi connectivity index (χ1) is 8.86. The van der Waals surface area contributed by atoms with Crippen LogP contribution in [0, 0.1) is 0 Å². The number of hydrogen-bond donors (Lipinski definition) is 1. The second-order valence-electron chi connectivity index (χ2n) is 4.85. The molecule has 0 saturated heterocycles. The van der Waals surface area contributed by atoms with Crippen molar-refractivity contribution in [1.29, 1.82) is 0 Å². The average Bonchev–Trinajstić information content (AvgIpc) is 2.34. The molecule has 0 amide bonds. The van der Waals surface area contributed by atoms with Crippen LogP contribution in [0.15, 0.2) is 39.5 Å². The zero-order valence-electron chi connectivity index (χ0n) is 10.7. The van der Waals surface area contributed by atoms with Crippen molar-refractivity contribution >= 4 is 22.6 Å². The number of fused-ring (bicyclic) bond motifs is 1. The maximum atomic E-state index is 11.1. The van der Waals surface area contributed by atoms with Crippen molar-refractivity contribution in [3.63, 3.8) is 0 Å². The highest BCUT2D eigenvalue weighted by Crippen LogP contribution is 2.22. The van der Waals surface area contributed by atoms with E-state index < -0.39 is 16.6 Å². The van der Waals surface area contributed by atoms with Gasteiger partial charge in [-0.2, -0.15) is 0 Å². The summed E-state index contributed by atoms with van der Waals surface area (Å²) in [6, 6.07) is 8.19. The summed E-state index contributed by atoms with van der Waals surface area (Å²) in [6.07, 6.45) is -0.798. The van der Waals surface area contributed by atoms with Crippen LogP contribution in [0.1, 0.15) is 13.8 Å². The highest BCUT2D eigenvalue weighted by atomic mass is 35.5. The van der Waals surface area contributed by atoms with Gasteiger partial charge in [0.2, 0.25) is 0 Å². The molecular formula is C14H15ClO4. The quantitative estimate of drug-likeness (QED) is 0.691. The van der Waals surface area contributed by atoms with Crippen LogP contribution in [0.25, 0.3) is 11.0 Å². The van der Waals surface area contributed by atoms with Crippen molar-refractivity contribution in [2.45, 2.75) is 24.8 Å². The summed E-state index contributed by atoms with van der Waals surface area (Å²) >= 11 is 5.98. The molecule has 1 aromatic heterocycles. The lowest BCUT2D eigenvalue weighted by molar-refractivity contribution is 0.0808. The predicted octanol–water partition coefficient (Wildman–Crippen LogP) is 2.55. The highest BCUT2D eigenvalue weighted by Gasteiger charge is 2.25. The van der Waals surface area contributed by atoms with E-state index >= 15 is 0 Å². The van der Waals surface area contributed by atoms with Gasteiger partial charge in [0, 0.05) is 17.5 Å². The van der Waals surface area contributed by atoms with Crippen LogP contribution in [0.2, 0.25) is 0 Å². The van der Waals surface area contributed by atoms with Crippen molar-refractivity contribution in [2.24, 2.45) is 0 Å². The first-order valence-electron chi connectivity index (χ1n) is 5.90. The van der Waals surface area contributed by atoms with Gasteiger partial charge < -0.3 is 14.3 Å². The van der Waals surface area contributed by atoms with E-state index in [0.29, 0.717) is 11.3 Å². The summed E-state index contributed by atoms with van der Waals surface area (Å²) < 4.78 is 10.5. The van der Waals surface area contributed by atoms with Crippen molar-refractivity contribution in [1.82, 2.24) is 0 Å². The number of alkyl halides is 1. The fourth-order valence-corrected chi connectivity index (χ4v) is 1.57. The van der Waals surface area contributed by atoms with Gasteiger partial charge in [-0.05, 0) is 32.0 Å². The minimum Gasteiger partial charge on any atom is -0.491 e. The lowest BCUT2D eigenvalue weighted by atomic mass is 10.1. The van der Waals surface area contributed by atoms with Gasteiger partial charge in [-0.15, -0.1) is 11.6 Å². The Bertz CT molecular complexity index is 627. The van der Waals surface area contributed by atoms with E-state index in [0.717, 1.165) is 5.39 Å². The van der Waals surface area contributed by atoms with Gasteiger partial charge in [0.15, 0.2) is 0 Å². The van der Waals surface area contributed by atoms with Gasteiger partial charge in [0.25, 0.3) is 0 Å². The highest BCUT2D eigenvalue weighted by molar-refractivity contribution is 6.23. The molecule has 19 heavy (non-hydrogen) atoms. The third kappa shape index (κ3) is 3.49. The Hall–Kier alpha value is -1.52. The number of benzene rings is 1. The van der Waals surface area contributed by atoms with Crippen LogP contribution in [0.5, 0.6) is 5.75 Å². The summed E-state index contributed by atoms with van der Waals surface area (Å²) in [5, 5.41) is 10.6. The fourth-order valence-electron chi connectivity index (χ4n) is 1.50. The molecule has 0 fully saturated rings. The molecule has 0 aliphatic heterocycles. The first-order valence-corrected chi connectivity index (χ1v) is 6.28. The Morgan fingerprint density at radius 2 is 2.05 bits per heavy atom. The topological polar surface area (TPSA) is 59.7 Å². The molecule has 1 unspecified atom stereocenters. The van der Waals surface area contributed by atoms with Crippen LogP contribution in [0.4, 0.5) is 0 Å². The lowest BCUT2D eigenvalue weighted by Crippen LogP contribution is -2.35. The maximum absolute atomic E-state index is 11.1.